The van der Waals surface area contributed by atoms with Gasteiger partial charge in [-0.25, -0.2) is 4.79 Å². The molecule has 0 aliphatic rings. The second kappa shape index (κ2) is 13.4. The summed E-state index contributed by atoms with van der Waals surface area (Å²) in [6.45, 7) is 5.78. The molecular formula is C17H30O2. The van der Waals surface area contributed by atoms with E-state index >= 15 is 0 Å². The summed E-state index contributed by atoms with van der Waals surface area (Å²) < 4.78 is 4.78. The molecule has 0 saturated carbocycles. The molecular weight excluding hydrogens is 236 g/mol. The molecule has 0 spiro atoms. The van der Waals surface area contributed by atoms with Crippen LogP contribution in [0.4, 0.5) is 0 Å². The average molecular weight is 266 g/mol. The van der Waals surface area contributed by atoms with Crippen LogP contribution in [-0.4, -0.2) is 13.1 Å². The molecule has 0 aliphatic carbocycles. The van der Waals surface area contributed by atoms with Crippen LogP contribution in [0, 0.1) is 0 Å². The van der Waals surface area contributed by atoms with Gasteiger partial charge in [-0.05, 0) is 32.1 Å². The van der Waals surface area contributed by atoms with Gasteiger partial charge in [0.25, 0.3) is 0 Å². The number of ether oxygens (including phenoxy) is 1. The normalized spacial score (nSPS) is 11.4. The van der Waals surface area contributed by atoms with Crippen molar-refractivity contribution >= 4 is 5.97 Å². The van der Waals surface area contributed by atoms with Crippen molar-refractivity contribution in [3.63, 3.8) is 0 Å². The van der Waals surface area contributed by atoms with E-state index in [0.717, 1.165) is 31.3 Å². The number of carbonyl (C=O) groups excluding carboxylic acids is 1. The van der Waals surface area contributed by atoms with Gasteiger partial charge in [-0.1, -0.05) is 51.2 Å². The first-order valence-corrected chi connectivity index (χ1v) is 7.64. The van der Waals surface area contributed by atoms with Crippen molar-refractivity contribution in [2.24, 2.45) is 0 Å². The Hall–Kier alpha value is -1.05. The third kappa shape index (κ3) is 10.5. The zero-order valence-electron chi connectivity index (χ0n) is 12.7. The minimum atomic E-state index is -0.161. The van der Waals surface area contributed by atoms with Crippen molar-refractivity contribution < 1.29 is 9.53 Å². The van der Waals surface area contributed by atoms with Crippen molar-refractivity contribution in [2.45, 2.75) is 71.1 Å². The Kier molecular flexibility index (Phi) is 12.6. The lowest BCUT2D eigenvalue weighted by molar-refractivity contribution is -0.136. The van der Waals surface area contributed by atoms with Crippen molar-refractivity contribution in [2.75, 3.05) is 7.11 Å². The quantitative estimate of drug-likeness (QED) is 0.210. The van der Waals surface area contributed by atoms with Crippen LogP contribution in [0.3, 0.4) is 0 Å². The summed E-state index contributed by atoms with van der Waals surface area (Å²) in [5.74, 6) is -0.161. The van der Waals surface area contributed by atoms with E-state index in [1.54, 1.807) is 0 Å². The van der Waals surface area contributed by atoms with Gasteiger partial charge in [-0.3, -0.25) is 0 Å². The van der Waals surface area contributed by atoms with E-state index < -0.39 is 0 Å². The van der Waals surface area contributed by atoms with E-state index in [4.69, 9.17) is 4.74 Å². The Bertz CT molecular complexity index is 266. The highest BCUT2D eigenvalue weighted by molar-refractivity contribution is 5.88. The highest BCUT2D eigenvalue weighted by Crippen LogP contribution is 2.14. The molecule has 0 radical (unpaired) electrons. The number of carbonyl (C=O) groups is 1. The van der Waals surface area contributed by atoms with E-state index in [2.05, 4.69) is 6.58 Å². The lowest BCUT2D eigenvalue weighted by atomic mass is 10.0. The van der Waals surface area contributed by atoms with Crippen LogP contribution >= 0.6 is 0 Å². The number of methoxy groups -OCH3 is 1. The predicted molar refractivity (Wildman–Crippen MR) is 82.1 cm³/mol. The molecule has 0 aliphatic heterocycles. The van der Waals surface area contributed by atoms with Crippen LogP contribution in [0.2, 0.25) is 0 Å². The molecule has 0 unspecified atom stereocenters. The van der Waals surface area contributed by atoms with Crippen molar-refractivity contribution in [3.8, 4) is 0 Å². The third-order valence-electron chi connectivity index (χ3n) is 3.25. The average Bonchev–Trinajstić information content (AvgIpc) is 2.43. The van der Waals surface area contributed by atoms with E-state index in [0.29, 0.717) is 0 Å². The van der Waals surface area contributed by atoms with Crippen LogP contribution < -0.4 is 0 Å². The minimum Gasteiger partial charge on any atom is -0.466 e. The van der Waals surface area contributed by atoms with E-state index in [9.17, 15) is 4.79 Å². The fourth-order valence-corrected chi connectivity index (χ4v) is 2.15. The smallest absolute Gasteiger partial charge is 0.333 e. The molecule has 0 atom stereocenters. The van der Waals surface area contributed by atoms with Gasteiger partial charge in [-0.15, -0.1) is 6.58 Å². The largest absolute Gasteiger partial charge is 0.466 e. The molecule has 0 aromatic heterocycles. The van der Waals surface area contributed by atoms with Crippen LogP contribution in [0.25, 0.3) is 0 Å². The van der Waals surface area contributed by atoms with Gasteiger partial charge in [0, 0.05) is 5.57 Å². The lowest BCUT2D eigenvalue weighted by Gasteiger charge is -2.05. The van der Waals surface area contributed by atoms with Crippen LogP contribution in [0.5, 0.6) is 0 Å². The Balaban J connectivity index is 3.53. The van der Waals surface area contributed by atoms with Gasteiger partial charge in [-0.2, -0.15) is 0 Å². The van der Waals surface area contributed by atoms with Gasteiger partial charge in [0.2, 0.25) is 0 Å². The van der Waals surface area contributed by atoms with E-state index in [-0.39, 0.29) is 5.97 Å². The molecule has 0 rings (SSSR count). The van der Waals surface area contributed by atoms with E-state index in [1.165, 1.54) is 45.6 Å². The molecule has 0 bridgehead atoms. The number of hydrogen-bond acceptors (Lipinski definition) is 2. The van der Waals surface area contributed by atoms with Gasteiger partial charge in [0.05, 0.1) is 7.11 Å². The summed E-state index contributed by atoms with van der Waals surface area (Å²) in [4.78, 5) is 11.5. The predicted octanol–water partition coefficient (Wildman–Crippen LogP) is 5.19. The summed E-state index contributed by atoms with van der Waals surface area (Å²) in [5.41, 5.74) is 0.844. The lowest BCUT2D eigenvalue weighted by Crippen LogP contribution is -2.04. The minimum absolute atomic E-state index is 0.161. The van der Waals surface area contributed by atoms with Crippen LogP contribution in [0.1, 0.15) is 71.1 Å². The molecule has 0 saturated heterocycles. The van der Waals surface area contributed by atoms with Gasteiger partial charge >= 0.3 is 5.97 Å². The molecule has 0 amide bonds. The first-order chi connectivity index (χ1) is 9.26. The molecule has 0 aromatic carbocycles. The second-order valence-electron chi connectivity index (χ2n) is 4.93. The molecule has 19 heavy (non-hydrogen) atoms. The van der Waals surface area contributed by atoms with Crippen molar-refractivity contribution in [3.05, 3.63) is 24.3 Å². The van der Waals surface area contributed by atoms with Crippen molar-refractivity contribution in [1.29, 1.82) is 0 Å². The molecule has 2 nitrogen and oxygen atoms in total. The maximum absolute atomic E-state index is 11.5. The Morgan fingerprint density at radius 2 is 1.63 bits per heavy atom. The number of rotatable bonds is 12. The van der Waals surface area contributed by atoms with Crippen LogP contribution in [-0.2, 0) is 9.53 Å². The number of esters is 1. The molecule has 0 N–H and O–H groups in total. The fraction of sp³-hybridized carbons (Fsp3) is 0.706. The third-order valence-corrected chi connectivity index (χ3v) is 3.25. The summed E-state index contributed by atoms with van der Waals surface area (Å²) in [5, 5.41) is 0. The standard InChI is InChI=1S/C17H30O2/c1-4-6-7-8-9-10-11-12-13-15-16(14-5-2)17(18)19-3/h4,14H,1,5-13,15H2,2-3H3/b16-14+. The zero-order valence-corrected chi connectivity index (χ0v) is 12.7. The SMILES string of the molecule is C=CCCCCCCCCC/C(=C\CC)C(=O)OC. The first-order valence-electron chi connectivity index (χ1n) is 7.64. The summed E-state index contributed by atoms with van der Waals surface area (Å²) in [7, 11) is 1.45. The zero-order chi connectivity index (χ0) is 14.3. The number of unbranched alkanes of at least 4 members (excludes halogenated alkanes) is 7. The highest BCUT2D eigenvalue weighted by Gasteiger charge is 2.07. The van der Waals surface area contributed by atoms with Gasteiger partial charge in [0.1, 0.15) is 0 Å². The van der Waals surface area contributed by atoms with Gasteiger partial charge in [0.15, 0.2) is 0 Å². The van der Waals surface area contributed by atoms with Gasteiger partial charge < -0.3 is 4.74 Å². The Labute approximate surface area is 118 Å². The number of allylic oxidation sites excluding steroid dienone is 2. The van der Waals surface area contributed by atoms with Crippen molar-refractivity contribution in [1.82, 2.24) is 0 Å². The molecule has 2 heteroatoms. The Morgan fingerprint density at radius 3 is 2.16 bits per heavy atom. The molecule has 110 valence electrons. The highest BCUT2D eigenvalue weighted by atomic mass is 16.5. The molecule has 0 heterocycles. The Morgan fingerprint density at radius 1 is 1.05 bits per heavy atom. The maximum atomic E-state index is 11.5. The fourth-order valence-electron chi connectivity index (χ4n) is 2.15. The second-order valence-corrected chi connectivity index (χ2v) is 4.93. The summed E-state index contributed by atoms with van der Waals surface area (Å²) >= 11 is 0. The summed E-state index contributed by atoms with van der Waals surface area (Å²) in [6.07, 6.45) is 15.7. The summed E-state index contributed by atoms with van der Waals surface area (Å²) in [6, 6.07) is 0. The monoisotopic (exact) mass is 266 g/mol. The number of hydrogen-bond donors (Lipinski definition) is 0. The van der Waals surface area contributed by atoms with Crippen LogP contribution in [0.15, 0.2) is 24.3 Å². The van der Waals surface area contributed by atoms with E-state index in [1.807, 2.05) is 19.1 Å². The topological polar surface area (TPSA) is 26.3 Å². The molecule has 0 fully saturated rings. The maximum Gasteiger partial charge on any atom is 0.333 e. The first kappa shape index (κ1) is 17.9. The molecule has 0 aromatic rings.